The first-order chi connectivity index (χ1) is 15.8. The predicted molar refractivity (Wildman–Crippen MR) is 120 cm³/mol. The number of likely N-dealkylation sites (tertiary alicyclic amines) is 1. The Hall–Kier alpha value is -3.48. The van der Waals surface area contributed by atoms with Crippen molar-refractivity contribution < 1.29 is 23.9 Å². The van der Waals surface area contributed by atoms with Gasteiger partial charge in [-0.15, -0.1) is 0 Å². The molecule has 5 rings (SSSR count). The van der Waals surface area contributed by atoms with Crippen LogP contribution in [0.4, 0.5) is 5.69 Å². The van der Waals surface area contributed by atoms with Crippen LogP contribution in [0.5, 0.6) is 0 Å². The lowest BCUT2D eigenvalue weighted by Gasteiger charge is -2.34. The molecular weight excluding hydrogens is 420 g/mol. The number of hydrogen-bond acceptors (Lipinski definition) is 5. The summed E-state index contributed by atoms with van der Waals surface area (Å²) in [6.45, 7) is 5.60. The van der Waals surface area contributed by atoms with Crippen LogP contribution in [-0.2, 0) is 30.5 Å². The molecule has 3 fully saturated rings. The van der Waals surface area contributed by atoms with E-state index in [0.717, 1.165) is 16.7 Å². The minimum Gasteiger partial charge on any atom is -0.453 e. The zero-order valence-corrected chi connectivity index (χ0v) is 18.9. The molecule has 0 aliphatic carbocycles. The average Bonchev–Trinajstić information content (AvgIpc) is 3.31. The maximum absolute atomic E-state index is 14.0. The number of anilines is 1. The van der Waals surface area contributed by atoms with Crippen molar-refractivity contribution >= 4 is 29.3 Å². The molecule has 3 aliphatic rings. The maximum atomic E-state index is 14.0. The number of carbonyl (C=O) groups is 4. The fraction of sp³-hybridized carbons (Fsp3) is 0.385. The molecule has 0 unspecified atom stereocenters. The molecule has 7 nitrogen and oxygen atoms in total. The summed E-state index contributed by atoms with van der Waals surface area (Å²) in [4.78, 5) is 55.6. The molecule has 3 saturated heterocycles. The van der Waals surface area contributed by atoms with E-state index in [4.69, 9.17) is 4.74 Å². The van der Waals surface area contributed by atoms with E-state index in [1.807, 2.05) is 62.4 Å². The molecule has 0 bridgehead atoms. The van der Waals surface area contributed by atoms with Crippen LogP contribution >= 0.6 is 0 Å². The van der Waals surface area contributed by atoms with Gasteiger partial charge in [0.1, 0.15) is 5.78 Å². The maximum Gasteiger partial charge on any atom is 0.307 e. The van der Waals surface area contributed by atoms with Crippen LogP contribution < -0.4 is 4.90 Å². The van der Waals surface area contributed by atoms with Crippen molar-refractivity contribution in [3.63, 3.8) is 0 Å². The van der Waals surface area contributed by atoms with Gasteiger partial charge in [0.15, 0.2) is 11.6 Å². The molecule has 0 aromatic heterocycles. The lowest BCUT2D eigenvalue weighted by atomic mass is 9.80. The van der Waals surface area contributed by atoms with Gasteiger partial charge in [-0.05, 0) is 43.5 Å². The number of nitrogens with zero attached hydrogens (tertiary/aromatic N) is 2. The van der Waals surface area contributed by atoms with Crippen molar-refractivity contribution in [1.29, 1.82) is 0 Å². The quantitative estimate of drug-likeness (QED) is 0.660. The topological polar surface area (TPSA) is 84.0 Å². The molecule has 33 heavy (non-hydrogen) atoms. The summed E-state index contributed by atoms with van der Waals surface area (Å²) in [7, 11) is 0. The number of hydrogen-bond donors (Lipinski definition) is 0. The first-order valence-corrected chi connectivity index (χ1v) is 11.2. The Morgan fingerprint density at radius 3 is 2.45 bits per heavy atom. The highest BCUT2D eigenvalue weighted by Crippen LogP contribution is 2.55. The third-order valence-corrected chi connectivity index (χ3v) is 7.35. The molecule has 2 aromatic carbocycles. The number of amides is 2. The molecule has 7 heteroatoms. The minimum atomic E-state index is -1.37. The van der Waals surface area contributed by atoms with E-state index in [0.29, 0.717) is 5.69 Å². The highest BCUT2D eigenvalue weighted by atomic mass is 16.6. The van der Waals surface area contributed by atoms with Crippen LogP contribution in [0, 0.1) is 19.8 Å². The van der Waals surface area contributed by atoms with Crippen molar-refractivity contribution in [2.45, 2.75) is 57.8 Å². The van der Waals surface area contributed by atoms with Gasteiger partial charge in [0, 0.05) is 18.7 Å². The van der Waals surface area contributed by atoms with Gasteiger partial charge in [0.05, 0.1) is 18.4 Å². The Morgan fingerprint density at radius 1 is 1.03 bits per heavy atom. The lowest BCUT2D eigenvalue weighted by molar-refractivity contribution is -0.152. The van der Waals surface area contributed by atoms with Crippen molar-refractivity contribution in [3.8, 4) is 0 Å². The molecule has 170 valence electrons. The number of Topliss-reactive ketones (excluding diaryl/α,β-unsaturated/α-hetero) is 1. The first kappa shape index (κ1) is 21.4. The van der Waals surface area contributed by atoms with E-state index in [1.54, 1.807) is 4.90 Å². The van der Waals surface area contributed by atoms with Crippen molar-refractivity contribution in [2.24, 2.45) is 5.92 Å². The highest BCUT2D eigenvalue weighted by Gasteiger charge is 2.77. The molecule has 1 spiro atoms. The Labute approximate surface area is 192 Å². The molecule has 4 atom stereocenters. The van der Waals surface area contributed by atoms with Crippen molar-refractivity contribution in [2.75, 3.05) is 4.90 Å². The number of aryl methyl sites for hydroxylation is 1. The fourth-order valence-electron chi connectivity index (χ4n) is 5.76. The third kappa shape index (κ3) is 3.02. The Kier molecular flexibility index (Phi) is 4.88. The number of ketones is 1. The van der Waals surface area contributed by atoms with Crippen LogP contribution in [0.15, 0.2) is 48.5 Å². The second-order valence-electron chi connectivity index (χ2n) is 9.29. The van der Waals surface area contributed by atoms with Gasteiger partial charge in [0.25, 0.3) is 5.91 Å². The van der Waals surface area contributed by atoms with Gasteiger partial charge >= 0.3 is 5.97 Å². The van der Waals surface area contributed by atoms with Crippen LogP contribution in [0.3, 0.4) is 0 Å². The summed E-state index contributed by atoms with van der Waals surface area (Å²) in [6, 6.07) is 13.4. The second-order valence-corrected chi connectivity index (χ2v) is 9.29. The van der Waals surface area contributed by atoms with Gasteiger partial charge in [-0.1, -0.05) is 42.5 Å². The monoisotopic (exact) mass is 446 g/mol. The summed E-state index contributed by atoms with van der Waals surface area (Å²) in [5.41, 5.74) is 2.06. The SMILES string of the molecule is CC(=O)C[C@@H]1N(Cc2ccccc2)C(=O)[C@H]2N(c3cccc(C)c3C)C(=O)[C@@H]3CC(=O)O[C@@]132. The Balaban J connectivity index is 1.67. The fourth-order valence-corrected chi connectivity index (χ4v) is 5.76. The molecular formula is C26H26N2O5. The normalized spacial score (nSPS) is 28.2. The number of benzene rings is 2. The molecule has 0 radical (unpaired) electrons. The van der Waals surface area contributed by atoms with E-state index in [1.165, 1.54) is 11.8 Å². The zero-order chi connectivity index (χ0) is 23.5. The van der Waals surface area contributed by atoms with Crippen LogP contribution in [0.2, 0.25) is 0 Å². The molecule has 0 saturated carbocycles. The van der Waals surface area contributed by atoms with E-state index in [-0.39, 0.29) is 37.0 Å². The third-order valence-electron chi connectivity index (χ3n) is 7.35. The molecule has 3 heterocycles. The van der Waals surface area contributed by atoms with E-state index >= 15 is 0 Å². The van der Waals surface area contributed by atoms with Gasteiger partial charge in [0.2, 0.25) is 5.91 Å². The zero-order valence-electron chi connectivity index (χ0n) is 18.9. The Bertz CT molecular complexity index is 1180. The standard InChI is InChI=1S/C26H26N2O5/c1-15-8-7-11-20(17(15)3)28-23-25(32)27(14-18-9-5-4-6-10-18)21(12-16(2)29)26(23)19(24(28)31)13-22(30)33-26/h4-11,19,21,23H,12-14H2,1-3H3/t19-,21-,23+,26+/m0/s1. The largest absolute Gasteiger partial charge is 0.453 e. The number of carbonyl (C=O) groups excluding carboxylic acids is 4. The van der Waals surface area contributed by atoms with Gasteiger partial charge in [-0.2, -0.15) is 0 Å². The highest BCUT2D eigenvalue weighted by molar-refractivity contribution is 6.12. The molecule has 3 aliphatic heterocycles. The average molecular weight is 447 g/mol. The summed E-state index contributed by atoms with van der Waals surface area (Å²) >= 11 is 0. The minimum absolute atomic E-state index is 0.0206. The number of rotatable bonds is 5. The lowest BCUT2D eigenvalue weighted by Crippen LogP contribution is -2.52. The Morgan fingerprint density at radius 2 is 1.76 bits per heavy atom. The van der Waals surface area contributed by atoms with Crippen LogP contribution in [0.25, 0.3) is 0 Å². The predicted octanol–water partition coefficient (Wildman–Crippen LogP) is 2.71. The van der Waals surface area contributed by atoms with E-state index in [9.17, 15) is 19.2 Å². The van der Waals surface area contributed by atoms with E-state index < -0.39 is 29.6 Å². The van der Waals surface area contributed by atoms with Gasteiger partial charge in [-0.3, -0.25) is 24.1 Å². The van der Waals surface area contributed by atoms with Crippen molar-refractivity contribution in [3.05, 3.63) is 65.2 Å². The van der Waals surface area contributed by atoms with Crippen LogP contribution in [-0.4, -0.2) is 46.2 Å². The first-order valence-electron chi connectivity index (χ1n) is 11.2. The second kappa shape index (κ2) is 7.54. The van der Waals surface area contributed by atoms with Gasteiger partial charge in [-0.25, -0.2) is 0 Å². The number of esters is 1. The molecule has 2 amide bonds. The van der Waals surface area contributed by atoms with Gasteiger partial charge < -0.3 is 9.64 Å². The van der Waals surface area contributed by atoms with Crippen molar-refractivity contribution in [1.82, 2.24) is 4.90 Å². The number of ether oxygens (including phenoxy) is 1. The smallest absolute Gasteiger partial charge is 0.307 e. The van der Waals surface area contributed by atoms with E-state index in [2.05, 4.69) is 0 Å². The summed E-state index contributed by atoms with van der Waals surface area (Å²) in [5.74, 6) is -2.01. The summed E-state index contributed by atoms with van der Waals surface area (Å²) < 4.78 is 5.92. The van der Waals surface area contributed by atoms with Crippen LogP contribution in [0.1, 0.15) is 36.5 Å². The summed E-state index contributed by atoms with van der Waals surface area (Å²) in [5, 5.41) is 0. The summed E-state index contributed by atoms with van der Waals surface area (Å²) in [6.07, 6.45) is -0.0651. The molecule has 2 aromatic rings. The molecule has 0 N–H and O–H groups in total.